The van der Waals surface area contributed by atoms with E-state index in [0.717, 1.165) is 17.7 Å². The molecule has 0 radical (unpaired) electrons. The van der Waals surface area contributed by atoms with E-state index in [-0.39, 0.29) is 12.5 Å². The average Bonchev–Trinajstić information content (AvgIpc) is 2.48. The molecule has 6 nitrogen and oxygen atoms in total. The van der Waals surface area contributed by atoms with Gasteiger partial charge in [0.05, 0.1) is 13.7 Å². The Kier molecular flexibility index (Phi) is 7.08. The minimum Gasteiger partial charge on any atom is -0.497 e. The molecule has 0 saturated carbocycles. The van der Waals surface area contributed by atoms with Crippen LogP contribution in [0.2, 0.25) is 0 Å². The highest BCUT2D eigenvalue weighted by molar-refractivity contribution is 5.82. The van der Waals surface area contributed by atoms with Crippen LogP contribution in [0.1, 0.15) is 19.4 Å². The first kappa shape index (κ1) is 16.8. The lowest BCUT2D eigenvalue weighted by Crippen LogP contribution is -2.24. The van der Waals surface area contributed by atoms with Gasteiger partial charge in [-0.3, -0.25) is 0 Å². The number of amidine groups is 1. The molecule has 1 aromatic carbocycles. The maximum Gasteiger partial charge on any atom is 0.347 e. The third kappa shape index (κ3) is 6.16. The Morgan fingerprint density at radius 3 is 2.57 bits per heavy atom. The first-order valence-corrected chi connectivity index (χ1v) is 6.80. The summed E-state index contributed by atoms with van der Waals surface area (Å²) >= 11 is 0. The third-order valence-corrected chi connectivity index (χ3v) is 2.86. The smallest absolute Gasteiger partial charge is 0.347 e. The van der Waals surface area contributed by atoms with Gasteiger partial charge >= 0.3 is 5.97 Å². The SMILES string of the molecule is CCOC(=O)CO/N=C(\N)[C@@H](C)Cc1ccc(OC)cc1. The summed E-state index contributed by atoms with van der Waals surface area (Å²) in [7, 11) is 1.63. The number of carbonyl (C=O) groups excluding carboxylic acids is 1. The molecule has 0 aromatic heterocycles. The first-order chi connectivity index (χ1) is 10.1. The predicted octanol–water partition coefficient (Wildman–Crippen LogP) is 1.73. The van der Waals surface area contributed by atoms with Crippen LogP contribution in [0.15, 0.2) is 29.4 Å². The van der Waals surface area contributed by atoms with Gasteiger partial charge in [-0.1, -0.05) is 24.2 Å². The Balaban J connectivity index is 2.45. The van der Waals surface area contributed by atoms with Gasteiger partial charge in [0, 0.05) is 5.92 Å². The van der Waals surface area contributed by atoms with Gasteiger partial charge in [0.1, 0.15) is 11.6 Å². The average molecular weight is 294 g/mol. The molecule has 0 fully saturated rings. The number of esters is 1. The van der Waals surface area contributed by atoms with E-state index in [1.165, 1.54) is 0 Å². The van der Waals surface area contributed by atoms with Crippen LogP contribution in [0.4, 0.5) is 0 Å². The van der Waals surface area contributed by atoms with E-state index in [1.807, 2.05) is 31.2 Å². The molecule has 0 heterocycles. The molecule has 0 aliphatic heterocycles. The summed E-state index contributed by atoms with van der Waals surface area (Å²) in [5.74, 6) is 0.693. The van der Waals surface area contributed by atoms with Crippen molar-refractivity contribution in [2.75, 3.05) is 20.3 Å². The molecule has 0 spiro atoms. The van der Waals surface area contributed by atoms with Crippen molar-refractivity contribution in [1.29, 1.82) is 0 Å². The van der Waals surface area contributed by atoms with E-state index in [1.54, 1.807) is 14.0 Å². The lowest BCUT2D eigenvalue weighted by molar-refractivity contribution is -0.148. The van der Waals surface area contributed by atoms with Crippen molar-refractivity contribution in [2.45, 2.75) is 20.3 Å². The Bertz CT molecular complexity index is 471. The quantitative estimate of drug-likeness (QED) is 0.342. The molecule has 0 aliphatic rings. The van der Waals surface area contributed by atoms with Crippen LogP contribution in [0.5, 0.6) is 5.75 Å². The molecular formula is C15H22N2O4. The molecule has 1 atom stereocenters. The number of methoxy groups -OCH3 is 1. The van der Waals surface area contributed by atoms with Gasteiger partial charge in [-0.25, -0.2) is 4.79 Å². The van der Waals surface area contributed by atoms with Gasteiger partial charge < -0.3 is 20.0 Å². The highest BCUT2D eigenvalue weighted by atomic mass is 16.7. The summed E-state index contributed by atoms with van der Waals surface area (Å²) in [6.45, 7) is 3.75. The number of carbonyl (C=O) groups is 1. The molecule has 0 aliphatic carbocycles. The van der Waals surface area contributed by atoms with Crippen molar-refractivity contribution < 1.29 is 19.1 Å². The zero-order valence-electron chi connectivity index (χ0n) is 12.7. The van der Waals surface area contributed by atoms with Crippen LogP contribution in [-0.2, 0) is 20.8 Å². The zero-order valence-corrected chi connectivity index (χ0v) is 12.7. The van der Waals surface area contributed by atoms with E-state index < -0.39 is 5.97 Å². The van der Waals surface area contributed by atoms with E-state index >= 15 is 0 Å². The normalized spacial score (nSPS) is 12.6. The molecule has 21 heavy (non-hydrogen) atoms. The van der Waals surface area contributed by atoms with Crippen LogP contribution >= 0.6 is 0 Å². The predicted molar refractivity (Wildman–Crippen MR) is 80.1 cm³/mol. The fourth-order valence-corrected chi connectivity index (χ4v) is 1.67. The van der Waals surface area contributed by atoms with E-state index in [0.29, 0.717) is 12.4 Å². The molecule has 0 amide bonds. The summed E-state index contributed by atoms with van der Waals surface area (Å²) in [6.07, 6.45) is 0.724. The number of nitrogens with two attached hydrogens (primary N) is 1. The zero-order chi connectivity index (χ0) is 15.7. The van der Waals surface area contributed by atoms with Gasteiger partial charge in [-0.2, -0.15) is 0 Å². The molecule has 1 aromatic rings. The molecule has 0 saturated heterocycles. The largest absolute Gasteiger partial charge is 0.497 e. The van der Waals surface area contributed by atoms with Gasteiger partial charge in [-0.05, 0) is 31.0 Å². The van der Waals surface area contributed by atoms with Crippen LogP contribution in [-0.4, -0.2) is 32.1 Å². The van der Waals surface area contributed by atoms with Crippen molar-refractivity contribution in [3.05, 3.63) is 29.8 Å². The van der Waals surface area contributed by atoms with Gasteiger partial charge in [0.15, 0.2) is 0 Å². The minimum atomic E-state index is -0.461. The molecule has 1 rings (SSSR count). The second kappa shape index (κ2) is 8.84. The third-order valence-electron chi connectivity index (χ3n) is 2.86. The molecule has 0 bridgehead atoms. The topological polar surface area (TPSA) is 83.1 Å². The number of hydrogen-bond acceptors (Lipinski definition) is 5. The Labute approximate surface area is 124 Å². The van der Waals surface area contributed by atoms with Gasteiger partial charge in [-0.15, -0.1) is 0 Å². The molecular weight excluding hydrogens is 272 g/mol. The molecule has 116 valence electrons. The van der Waals surface area contributed by atoms with Crippen LogP contribution in [0, 0.1) is 5.92 Å². The van der Waals surface area contributed by atoms with Crippen molar-refractivity contribution in [3.8, 4) is 5.75 Å². The number of rotatable bonds is 8. The maximum absolute atomic E-state index is 11.1. The summed E-state index contributed by atoms with van der Waals surface area (Å²) in [5, 5.41) is 3.75. The number of benzene rings is 1. The second-order valence-corrected chi connectivity index (χ2v) is 4.55. The van der Waals surface area contributed by atoms with E-state index in [9.17, 15) is 4.79 Å². The standard InChI is InChI=1S/C15H22N2O4/c1-4-20-14(18)10-21-17-15(16)11(2)9-12-5-7-13(19-3)8-6-12/h5-8,11H,4,9-10H2,1-3H3,(H2,16,17)/t11-/m0/s1. The highest BCUT2D eigenvalue weighted by Gasteiger charge is 2.10. The summed E-state index contributed by atoms with van der Waals surface area (Å²) < 4.78 is 9.82. The van der Waals surface area contributed by atoms with Crippen molar-refractivity contribution in [2.24, 2.45) is 16.8 Å². The van der Waals surface area contributed by atoms with E-state index in [2.05, 4.69) is 5.16 Å². The second-order valence-electron chi connectivity index (χ2n) is 4.55. The number of hydrogen-bond donors (Lipinski definition) is 1. The van der Waals surface area contributed by atoms with Gasteiger partial charge in [0.25, 0.3) is 0 Å². The molecule has 0 unspecified atom stereocenters. The van der Waals surface area contributed by atoms with Gasteiger partial charge in [0.2, 0.25) is 6.61 Å². The fourth-order valence-electron chi connectivity index (χ4n) is 1.67. The van der Waals surface area contributed by atoms with Crippen LogP contribution in [0.3, 0.4) is 0 Å². The summed E-state index contributed by atoms with van der Waals surface area (Å²) in [6, 6.07) is 7.74. The Hall–Kier alpha value is -2.24. The lowest BCUT2D eigenvalue weighted by atomic mass is 10.0. The van der Waals surface area contributed by atoms with E-state index in [4.69, 9.17) is 20.0 Å². The summed E-state index contributed by atoms with van der Waals surface area (Å²) in [4.78, 5) is 16.0. The fraction of sp³-hybridized carbons (Fsp3) is 0.467. The highest BCUT2D eigenvalue weighted by Crippen LogP contribution is 2.14. The molecule has 6 heteroatoms. The Morgan fingerprint density at radius 1 is 1.33 bits per heavy atom. The van der Waals surface area contributed by atoms with Crippen molar-refractivity contribution in [3.63, 3.8) is 0 Å². The van der Waals surface area contributed by atoms with Crippen molar-refractivity contribution in [1.82, 2.24) is 0 Å². The van der Waals surface area contributed by atoms with Crippen molar-refractivity contribution >= 4 is 11.8 Å². The lowest BCUT2D eigenvalue weighted by Gasteiger charge is -2.11. The van der Waals surface area contributed by atoms with Crippen LogP contribution in [0.25, 0.3) is 0 Å². The molecule has 2 N–H and O–H groups in total. The minimum absolute atomic E-state index is 0.000547. The Morgan fingerprint density at radius 2 is 2.00 bits per heavy atom. The monoisotopic (exact) mass is 294 g/mol. The summed E-state index contributed by atoms with van der Waals surface area (Å²) in [5.41, 5.74) is 6.95. The number of nitrogens with zero attached hydrogens (tertiary/aromatic N) is 1. The first-order valence-electron chi connectivity index (χ1n) is 6.80. The maximum atomic E-state index is 11.1. The number of oxime groups is 1. The number of ether oxygens (including phenoxy) is 2. The van der Waals surface area contributed by atoms with Crippen LogP contribution < -0.4 is 10.5 Å².